The van der Waals surface area contributed by atoms with Crippen LogP contribution in [0.25, 0.3) is 0 Å². The van der Waals surface area contributed by atoms with E-state index in [-0.39, 0.29) is 6.61 Å². The van der Waals surface area contributed by atoms with Crippen LogP contribution in [0, 0.1) is 11.3 Å². The summed E-state index contributed by atoms with van der Waals surface area (Å²) in [5, 5.41) is 11.2. The largest absolute Gasteiger partial charge is 0.479 e. The number of hydrogen-bond acceptors (Lipinski definition) is 3. The summed E-state index contributed by atoms with van der Waals surface area (Å²) in [4.78, 5) is 0. The topological polar surface area (TPSA) is 45.0 Å². The molecule has 0 fully saturated rings. The van der Waals surface area contributed by atoms with E-state index in [1.165, 1.54) is 0 Å². The fraction of sp³-hybridized carbons (Fsp3) is 0.222. The Morgan fingerprint density at radius 1 is 1.58 bits per heavy atom. The minimum Gasteiger partial charge on any atom is -0.479 e. The van der Waals surface area contributed by atoms with Gasteiger partial charge in [-0.15, -0.1) is 0 Å². The Balaban J connectivity index is 2.67. The van der Waals surface area contributed by atoms with Crippen LogP contribution in [0.15, 0.2) is 24.3 Å². The van der Waals surface area contributed by atoms with Crippen LogP contribution in [0.5, 0.6) is 5.75 Å². The van der Waals surface area contributed by atoms with Crippen molar-refractivity contribution in [2.75, 3.05) is 19.0 Å². The van der Waals surface area contributed by atoms with E-state index in [1.54, 1.807) is 0 Å². The van der Waals surface area contributed by atoms with Gasteiger partial charge in [-0.25, -0.2) is 0 Å². The Bertz CT molecular complexity index is 291. The van der Waals surface area contributed by atoms with E-state index in [2.05, 4.69) is 5.32 Å². The lowest BCUT2D eigenvalue weighted by Crippen LogP contribution is -1.94. The summed E-state index contributed by atoms with van der Waals surface area (Å²) >= 11 is 0. The molecule has 0 saturated heterocycles. The fourth-order valence-corrected chi connectivity index (χ4v) is 0.857. The number of nitrogens with zero attached hydrogens (tertiary/aromatic N) is 1. The van der Waals surface area contributed by atoms with Crippen LogP contribution in [0.1, 0.15) is 0 Å². The van der Waals surface area contributed by atoms with Crippen LogP contribution >= 0.6 is 0 Å². The summed E-state index contributed by atoms with van der Waals surface area (Å²) in [5.41, 5.74) is 0.977. The first-order valence-corrected chi connectivity index (χ1v) is 3.64. The molecule has 0 saturated carbocycles. The molecule has 0 bridgehead atoms. The van der Waals surface area contributed by atoms with Gasteiger partial charge in [0.05, 0.1) is 0 Å². The molecule has 0 heterocycles. The lowest BCUT2D eigenvalue weighted by atomic mass is 10.3. The molecule has 0 atom stereocenters. The van der Waals surface area contributed by atoms with Crippen molar-refractivity contribution in [2.45, 2.75) is 0 Å². The highest BCUT2D eigenvalue weighted by Gasteiger charge is 1.93. The Labute approximate surface area is 71.6 Å². The molecule has 62 valence electrons. The maximum atomic E-state index is 8.26. The van der Waals surface area contributed by atoms with Crippen molar-refractivity contribution in [3.63, 3.8) is 0 Å². The number of ether oxygens (including phenoxy) is 1. The third kappa shape index (κ3) is 2.17. The Kier molecular flexibility index (Phi) is 2.97. The molecular formula is C9H10N2O. The molecular weight excluding hydrogens is 152 g/mol. The molecule has 1 aromatic carbocycles. The minimum atomic E-state index is 0.0904. The molecule has 1 aromatic rings. The van der Waals surface area contributed by atoms with Gasteiger partial charge < -0.3 is 10.1 Å². The molecule has 1 N–H and O–H groups in total. The number of nitrogens with one attached hydrogen (secondary N) is 1. The fourth-order valence-electron chi connectivity index (χ4n) is 0.857. The van der Waals surface area contributed by atoms with Crippen molar-refractivity contribution in [3.8, 4) is 11.8 Å². The van der Waals surface area contributed by atoms with Crippen molar-refractivity contribution >= 4 is 5.69 Å². The average molecular weight is 162 g/mol. The van der Waals surface area contributed by atoms with Gasteiger partial charge in [-0.05, 0) is 12.1 Å². The maximum Gasteiger partial charge on any atom is 0.174 e. The first-order chi connectivity index (χ1) is 5.86. The van der Waals surface area contributed by atoms with E-state index in [9.17, 15) is 0 Å². The minimum absolute atomic E-state index is 0.0904. The highest BCUT2D eigenvalue weighted by Crippen LogP contribution is 2.16. The average Bonchev–Trinajstić information content (AvgIpc) is 2.15. The van der Waals surface area contributed by atoms with Crippen molar-refractivity contribution in [3.05, 3.63) is 24.3 Å². The van der Waals surface area contributed by atoms with Gasteiger partial charge in [0.2, 0.25) is 0 Å². The zero-order valence-corrected chi connectivity index (χ0v) is 6.87. The van der Waals surface area contributed by atoms with Crippen molar-refractivity contribution < 1.29 is 4.74 Å². The number of anilines is 1. The Morgan fingerprint density at radius 2 is 2.42 bits per heavy atom. The molecule has 0 radical (unpaired) electrons. The molecule has 1 rings (SSSR count). The van der Waals surface area contributed by atoms with Crippen molar-refractivity contribution in [2.24, 2.45) is 0 Å². The molecule has 0 spiro atoms. The summed E-state index contributed by atoms with van der Waals surface area (Å²) in [5.74, 6) is 0.711. The van der Waals surface area contributed by atoms with E-state index in [0.29, 0.717) is 5.75 Å². The molecule has 0 aliphatic carbocycles. The highest BCUT2D eigenvalue weighted by atomic mass is 16.5. The standard InChI is InChI=1S/C9H10N2O/c1-11-8-3-2-4-9(7-8)12-6-5-10/h2-4,7,11H,6H2,1H3. The summed E-state index contributed by atoms with van der Waals surface area (Å²) < 4.78 is 5.10. The Morgan fingerprint density at radius 3 is 3.08 bits per heavy atom. The SMILES string of the molecule is CNc1cccc(OCC#N)c1. The normalized spacial score (nSPS) is 8.67. The first-order valence-electron chi connectivity index (χ1n) is 3.64. The van der Waals surface area contributed by atoms with Gasteiger partial charge >= 0.3 is 0 Å². The van der Waals surface area contributed by atoms with Gasteiger partial charge in [0.15, 0.2) is 6.61 Å². The van der Waals surface area contributed by atoms with Gasteiger partial charge in [-0.1, -0.05) is 6.07 Å². The first kappa shape index (κ1) is 8.41. The van der Waals surface area contributed by atoms with Gasteiger partial charge in [-0.2, -0.15) is 5.26 Å². The van der Waals surface area contributed by atoms with Crippen LogP contribution in [0.2, 0.25) is 0 Å². The molecule has 3 nitrogen and oxygen atoms in total. The number of hydrogen-bond donors (Lipinski definition) is 1. The van der Waals surface area contributed by atoms with E-state index in [1.807, 2.05) is 37.4 Å². The molecule has 0 aromatic heterocycles. The molecule has 12 heavy (non-hydrogen) atoms. The van der Waals surface area contributed by atoms with Crippen molar-refractivity contribution in [1.82, 2.24) is 0 Å². The zero-order chi connectivity index (χ0) is 8.81. The second-order valence-electron chi connectivity index (χ2n) is 2.22. The van der Waals surface area contributed by atoms with Gasteiger partial charge in [0, 0.05) is 18.8 Å². The Hall–Kier alpha value is -1.69. The summed E-state index contributed by atoms with van der Waals surface area (Å²) in [6.45, 7) is 0.0904. The monoisotopic (exact) mass is 162 g/mol. The molecule has 0 aliphatic rings. The number of benzene rings is 1. The predicted molar refractivity (Wildman–Crippen MR) is 47.1 cm³/mol. The van der Waals surface area contributed by atoms with Crippen LogP contribution in [0.3, 0.4) is 0 Å². The third-order valence-corrected chi connectivity index (χ3v) is 1.43. The van der Waals surface area contributed by atoms with Crippen LogP contribution in [0.4, 0.5) is 5.69 Å². The maximum absolute atomic E-state index is 8.26. The van der Waals surface area contributed by atoms with Crippen LogP contribution in [-0.2, 0) is 0 Å². The van der Waals surface area contributed by atoms with E-state index in [4.69, 9.17) is 10.00 Å². The van der Waals surface area contributed by atoms with E-state index < -0.39 is 0 Å². The van der Waals surface area contributed by atoms with Gasteiger partial charge in [-0.3, -0.25) is 0 Å². The quantitative estimate of drug-likeness (QED) is 0.734. The van der Waals surface area contributed by atoms with Gasteiger partial charge in [0.25, 0.3) is 0 Å². The molecule has 0 unspecified atom stereocenters. The summed E-state index contributed by atoms with van der Waals surface area (Å²) in [7, 11) is 1.84. The predicted octanol–water partition coefficient (Wildman–Crippen LogP) is 1.63. The lowest BCUT2D eigenvalue weighted by molar-refractivity contribution is 0.368. The zero-order valence-electron chi connectivity index (χ0n) is 6.87. The molecule has 3 heteroatoms. The lowest BCUT2D eigenvalue weighted by Gasteiger charge is -2.03. The third-order valence-electron chi connectivity index (χ3n) is 1.43. The van der Waals surface area contributed by atoms with E-state index >= 15 is 0 Å². The highest BCUT2D eigenvalue weighted by molar-refractivity contribution is 5.47. The summed E-state index contributed by atoms with van der Waals surface area (Å²) in [6, 6.07) is 9.38. The van der Waals surface area contributed by atoms with E-state index in [0.717, 1.165) is 5.69 Å². The van der Waals surface area contributed by atoms with Gasteiger partial charge in [0.1, 0.15) is 11.8 Å². The van der Waals surface area contributed by atoms with Crippen LogP contribution < -0.4 is 10.1 Å². The summed E-state index contributed by atoms with van der Waals surface area (Å²) in [6.07, 6.45) is 0. The second kappa shape index (κ2) is 4.24. The van der Waals surface area contributed by atoms with Crippen molar-refractivity contribution in [1.29, 1.82) is 5.26 Å². The second-order valence-corrected chi connectivity index (χ2v) is 2.22. The smallest absolute Gasteiger partial charge is 0.174 e. The van der Waals surface area contributed by atoms with Crippen LogP contribution in [-0.4, -0.2) is 13.7 Å². The number of rotatable bonds is 3. The molecule has 0 amide bonds. The molecule has 0 aliphatic heterocycles. The number of nitriles is 1.